The second-order valence-corrected chi connectivity index (χ2v) is 12.4. The third kappa shape index (κ3) is 4.92. The first-order chi connectivity index (χ1) is 19.2. The minimum absolute atomic E-state index is 0.142. The highest BCUT2D eigenvalue weighted by atomic mass is 35.5. The average molecular weight is 566 g/mol. The number of rotatable bonds is 6. The summed E-state index contributed by atoms with van der Waals surface area (Å²) in [5, 5.41) is 15.1. The van der Waals surface area contributed by atoms with Crippen LogP contribution in [0.1, 0.15) is 65.8 Å². The van der Waals surface area contributed by atoms with Crippen LogP contribution in [-0.2, 0) is 0 Å². The maximum atomic E-state index is 11.8. The highest BCUT2D eigenvalue weighted by molar-refractivity contribution is 6.30. The second kappa shape index (κ2) is 10.6. The van der Waals surface area contributed by atoms with Gasteiger partial charge in [0.25, 0.3) is 0 Å². The zero-order chi connectivity index (χ0) is 28.1. The lowest BCUT2D eigenvalue weighted by Gasteiger charge is -2.35. The standard InChI is InChI=1S/C29H36ClN7O3/c1-15(2)24-10-21(38)14-36(24)28-33-22-11-23(27-34-29(39)40-35-27)32-25(19-9-20(30)13-31-12-19)26(22)37(28)17(4)18-7-5-16(3)6-8-18/h9,11-13,15-18,21,24,38H,5-8,10,14H2,1-4H3,(H,34,35,39)/t16-,17-,18-,21-,24+/m1/s1. The van der Waals surface area contributed by atoms with E-state index in [0.29, 0.717) is 41.2 Å². The van der Waals surface area contributed by atoms with Gasteiger partial charge >= 0.3 is 5.76 Å². The van der Waals surface area contributed by atoms with Crippen molar-refractivity contribution in [3.8, 4) is 22.8 Å². The third-order valence-electron chi connectivity index (χ3n) is 8.81. The number of anilines is 1. The number of halogens is 1. The van der Waals surface area contributed by atoms with Crippen LogP contribution in [0.5, 0.6) is 0 Å². The number of nitrogens with one attached hydrogen (secondary N) is 1. The number of fused-ring (bicyclic) bond motifs is 1. The Morgan fingerprint density at radius 3 is 2.58 bits per heavy atom. The normalized spacial score (nSPS) is 24.3. The highest BCUT2D eigenvalue weighted by Gasteiger charge is 2.38. The Morgan fingerprint density at radius 1 is 1.12 bits per heavy atom. The van der Waals surface area contributed by atoms with Crippen LogP contribution in [-0.4, -0.2) is 53.5 Å². The van der Waals surface area contributed by atoms with Crippen molar-refractivity contribution in [2.75, 3.05) is 11.4 Å². The summed E-state index contributed by atoms with van der Waals surface area (Å²) >= 11 is 6.40. The summed E-state index contributed by atoms with van der Waals surface area (Å²) < 4.78 is 7.12. The Morgan fingerprint density at radius 2 is 1.90 bits per heavy atom. The Kier molecular flexibility index (Phi) is 7.16. The van der Waals surface area contributed by atoms with E-state index in [-0.39, 0.29) is 17.9 Å². The number of hydrogen-bond acceptors (Lipinski definition) is 8. The number of aromatic nitrogens is 6. The number of pyridine rings is 2. The molecule has 4 aromatic heterocycles. The Bertz CT molecular complexity index is 1570. The van der Waals surface area contributed by atoms with Gasteiger partial charge in [-0.1, -0.05) is 50.4 Å². The predicted octanol–water partition coefficient (Wildman–Crippen LogP) is 5.47. The fourth-order valence-electron chi connectivity index (χ4n) is 6.59. The molecule has 4 aromatic rings. The molecule has 212 valence electrons. The van der Waals surface area contributed by atoms with E-state index in [1.54, 1.807) is 12.4 Å². The number of nitrogens with zero attached hydrogens (tertiary/aromatic N) is 6. The van der Waals surface area contributed by atoms with Crippen molar-refractivity contribution in [2.45, 2.75) is 78.0 Å². The first-order valence-electron chi connectivity index (χ1n) is 14.2. The summed E-state index contributed by atoms with van der Waals surface area (Å²) in [5.41, 5.74) is 3.43. The summed E-state index contributed by atoms with van der Waals surface area (Å²) in [6.07, 6.45) is 8.33. The fraction of sp³-hybridized carbons (Fsp3) is 0.552. The summed E-state index contributed by atoms with van der Waals surface area (Å²) in [7, 11) is 0. The highest BCUT2D eigenvalue weighted by Crippen LogP contribution is 2.43. The molecule has 1 saturated carbocycles. The van der Waals surface area contributed by atoms with Crippen LogP contribution in [0.4, 0.5) is 5.95 Å². The second-order valence-electron chi connectivity index (χ2n) is 12.0. The third-order valence-corrected chi connectivity index (χ3v) is 9.02. The van der Waals surface area contributed by atoms with Crippen molar-refractivity contribution in [1.82, 2.24) is 29.7 Å². The molecule has 11 heteroatoms. The van der Waals surface area contributed by atoms with Crippen LogP contribution < -0.4 is 10.7 Å². The van der Waals surface area contributed by atoms with Crippen LogP contribution in [0.25, 0.3) is 33.8 Å². The van der Waals surface area contributed by atoms with Crippen molar-refractivity contribution in [3.05, 3.63) is 40.1 Å². The van der Waals surface area contributed by atoms with E-state index < -0.39 is 11.9 Å². The molecule has 0 amide bonds. The van der Waals surface area contributed by atoms with Gasteiger partial charge < -0.3 is 14.6 Å². The maximum Gasteiger partial charge on any atom is 0.439 e. The van der Waals surface area contributed by atoms with E-state index >= 15 is 0 Å². The molecule has 0 spiro atoms. The van der Waals surface area contributed by atoms with E-state index in [2.05, 4.69) is 52.3 Å². The van der Waals surface area contributed by atoms with Crippen molar-refractivity contribution in [2.24, 2.45) is 17.8 Å². The zero-order valence-corrected chi connectivity index (χ0v) is 24.1. The largest absolute Gasteiger partial charge is 0.439 e. The van der Waals surface area contributed by atoms with E-state index in [9.17, 15) is 9.90 Å². The molecule has 2 fully saturated rings. The van der Waals surface area contributed by atoms with Gasteiger partial charge in [0.1, 0.15) is 5.69 Å². The average Bonchev–Trinajstić information content (AvgIpc) is 3.64. The van der Waals surface area contributed by atoms with Gasteiger partial charge in [-0.05, 0) is 56.1 Å². The Labute approximate surface area is 237 Å². The quantitative estimate of drug-likeness (QED) is 0.315. The summed E-state index contributed by atoms with van der Waals surface area (Å²) in [6.45, 7) is 9.52. The molecule has 0 unspecified atom stereocenters. The predicted molar refractivity (Wildman–Crippen MR) is 154 cm³/mol. The van der Waals surface area contributed by atoms with Gasteiger partial charge in [0, 0.05) is 36.6 Å². The van der Waals surface area contributed by atoms with Gasteiger partial charge in [-0.3, -0.25) is 14.5 Å². The number of imidazole rings is 1. The number of aliphatic hydroxyl groups is 1. The molecule has 3 atom stereocenters. The molecule has 6 rings (SSSR count). The van der Waals surface area contributed by atoms with Crippen molar-refractivity contribution in [1.29, 1.82) is 0 Å². The van der Waals surface area contributed by atoms with Crippen molar-refractivity contribution in [3.63, 3.8) is 0 Å². The minimum atomic E-state index is -0.653. The molecule has 40 heavy (non-hydrogen) atoms. The zero-order valence-electron chi connectivity index (χ0n) is 23.3. The van der Waals surface area contributed by atoms with E-state index in [1.165, 1.54) is 12.8 Å². The monoisotopic (exact) mass is 565 g/mol. The lowest BCUT2D eigenvalue weighted by Crippen LogP contribution is -2.36. The number of aromatic amines is 1. The fourth-order valence-corrected chi connectivity index (χ4v) is 6.76. The topological polar surface area (TPSA) is 126 Å². The van der Waals surface area contributed by atoms with Gasteiger partial charge in [-0.25, -0.2) is 14.8 Å². The SMILES string of the molecule is CC(C)[C@@H]1C[C@@H](O)CN1c1nc2cc(-c3noc(=O)[nH]3)nc(-c3cncc(Cl)c3)c2n1[C@H](C)[C@H]1CC[C@H](C)CC1. The molecule has 5 heterocycles. The van der Waals surface area contributed by atoms with Crippen LogP contribution in [0.3, 0.4) is 0 Å². The summed E-state index contributed by atoms with van der Waals surface area (Å²) in [5.74, 6) is 1.96. The van der Waals surface area contributed by atoms with E-state index in [4.69, 9.17) is 26.1 Å². The Balaban J connectivity index is 1.62. The molecular weight excluding hydrogens is 530 g/mol. The van der Waals surface area contributed by atoms with Gasteiger partial charge in [0.2, 0.25) is 11.8 Å². The summed E-state index contributed by atoms with van der Waals surface area (Å²) in [6, 6.07) is 3.98. The number of hydrogen-bond donors (Lipinski definition) is 2. The Hall–Kier alpha value is -3.24. The molecule has 2 N–H and O–H groups in total. The van der Waals surface area contributed by atoms with Crippen molar-refractivity contribution >= 4 is 28.6 Å². The first-order valence-corrected chi connectivity index (χ1v) is 14.6. The number of aliphatic hydroxyl groups excluding tert-OH is 1. The number of β-amino-alcohol motifs (C(OH)–C–C–N with tert-alkyl or cyclic N) is 1. The van der Waals surface area contributed by atoms with Crippen LogP contribution in [0, 0.1) is 17.8 Å². The first kappa shape index (κ1) is 27.0. The molecule has 0 bridgehead atoms. The van der Waals surface area contributed by atoms with Gasteiger partial charge in [0.15, 0.2) is 0 Å². The molecule has 1 aliphatic carbocycles. The van der Waals surface area contributed by atoms with Crippen molar-refractivity contribution < 1.29 is 9.63 Å². The molecular formula is C29H36ClN7O3. The van der Waals surface area contributed by atoms with Crippen LogP contribution in [0.2, 0.25) is 5.02 Å². The van der Waals surface area contributed by atoms with Crippen LogP contribution in [0.15, 0.2) is 33.8 Å². The smallest absolute Gasteiger partial charge is 0.391 e. The molecule has 10 nitrogen and oxygen atoms in total. The molecule has 1 aliphatic heterocycles. The van der Waals surface area contributed by atoms with E-state index in [0.717, 1.165) is 41.3 Å². The number of H-pyrrole nitrogens is 1. The molecule has 0 aromatic carbocycles. The van der Waals surface area contributed by atoms with Gasteiger partial charge in [-0.15, -0.1) is 0 Å². The molecule has 1 saturated heterocycles. The van der Waals surface area contributed by atoms with Crippen LogP contribution >= 0.6 is 11.6 Å². The molecule has 0 radical (unpaired) electrons. The maximum absolute atomic E-state index is 11.8. The summed E-state index contributed by atoms with van der Waals surface area (Å²) in [4.78, 5) is 31.2. The lowest BCUT2D eigenvalue weighted by atomic mass is 9.79. The van der Waals surface area contributed by atoms with Gasteiger partial charge in [-0.2, -0.15) is 0 Å². The lowest BCUT2D eigenvalue weighted by molar-refractivity contribution is 0.191. The van der Waals surface area contributed by atoms with E-state index in [1.807, 2.05) is 12.1 Å². The van der Waals surface area contributed by atoms with Gasteiger partial charge in [0.05, 0.1) is 27.9 Å². The minimum Gasteiger partial charge on any atom is -0.391 e. The molecule has 2 aliphatic rings.